The molecule has 2 atom stereocenters. The lowest BCUT2D eigenvalue weighted by molar-refractivity contribution is -0.146. The predicted molar refractivity (Wildman–Crippen MR) is 57.1 cm³/mol. The Kier molecular flexibility index (Phi) is 7.15. The van der Waals surface area contributed by atoms with Crippen LogP contribution in [0.4, 0.5) is 0 Å². The number of carboxylic acids is 2. The summed E-state index contributed by atoms with van der Waals surface area (Å²) in [6, 6.07) is -1.17. The summed E-state index contributed by atoms with van der Waals surface area (Å²) in [6.07, 6.45) is 1.53. The van der Waals surface area contributed by atoms with Crippen molar-refractivity contribution in [1.82, 2.24) is 5.32 Å². The molecule has 6 nitrogen and oxygen atoms in total. The Morgan fingerprint density at radius 3 is 2.44 bits per heavy atom. The van der Waals surface area contributed by atoms with Gasteiger partial charge < -0.3 is 20.6 Å². The normalized spacial score (nSPS) is 14.1. The smallest absolute Gasteiger partial charge is 0.321 e. The predicted octanol–water partition coefficient (Wildman–Crippen LogP) is -0.169. The molecule has 0 saturated heterocycles. The number of allylic oxidation sites excluding steroid dienone is 1. The minimum Gasteiger partial charge on any atom is -0.481 e. The van der Waals surface area contributed by atoms with Crippen LogP contribution in [0.3, 0.4) is 0 Å². The number of aliphatic hydroxyl groups is 1. The first-order valence-electron chi connectivity index (χ1n) is 4.94. The lowest BCUT2D eigenvalue weighted by Crippen LogP contribution is -2.42. The second-order valence-corrected chi connectivity index (χ2v) is 3.42. The summed E-state index contributed by atoms with van der Waals surface area (Å²) < 4.78 is 0. The van der Waals surface area contributed by atoms with Crippen molar-refractivity contribution >= 4 is 11.9 Å². The van der Waals surface area contributed by atoms with Gasteiger partial charge in [-0.1, -0.05) is 6.08 Å². The standard InChI is InChI=1S/C10H17NO5/c1-2-3-4-7(12)6-11-8(10(15)16)5-9(13)14/h2,7-8,11-12H,1,3-6H2,(H,13,14)(H,15,16)/t7?,8-/m0/s1. The second kappa shape index (κ2) is 7.84. The van der Waals surface area contributed by atoms with Crippen molar-refractivity contribution < 1.29 is 24.9 Å². The molecular formula is C10H17NO5. The summed E-state index contributed by atoms with van der Waals surface area (Å²) in [4.78, 5) is 21.0. The van der Waals surface area contributed by atoms with Gasteiger partial charge in [0.05, 0.1) is 12.5 Å². The van der Waals surface area contributed by atoms with E-state index in [1.54, 1.807) is 6.08 Å². The zero-order valence-corrected chi connectivity index (χ0v) is 8.93. The maximum Gasteiger partial charge on any atom is 0.321 e. The van der Waals surface area contributed by atoms with E-state index in [-0.39, 0.29) is 6.54 Å². The van der Waals surface area contributed by atoms with E-state index in [0.717, 1.165) is 0 Å². The van der Waals surface area contributed by atoms with Crippen LogP contribution in [0.5, 0.6) is 0 Å². The number of aliphatic hydroxyl groups excluding tert-OH is 1. The van der Waals surface area contributed by atoms with Gasteiger partial charge in [0.25, 0.3) is 0 Å². The van der Waals surface area contributed by atoms with Crippen molar-refractivity contribution in [2.45, 2.75) is 31.4 Å². The van der Waals surface area contributed by atoms with Crippen molar-refractivity contribution in [3.05, 3.63) is 12.7 Å². The van der Waals surface area contributed by atoms with Crippen LogP contribution in [0.2, 0.25) is 0 Å². The number of hydrogen-bond donors (Lipinski definition) is 4. The average Bonchev–Trinajstić information content (AvgIpc) is 2.20. The van der Waals surface area contributed by atoms with E-state index in [1.165, 1.54) is 0 Å². The third-order valence-corrected chi connectivity index (χ3v) is 1.98. The number of hydrogen-bond acceptors (Lipinski definition) is 4. The van der Waals surface area contributed by atoms with Gasteiger partial charge in [-0.15, -0.1) is 6.58 Å². The minimum absolute atomic E-state index is 0.0537. The summed E-state index contributed by atoms with van der Waals surface area (Å²) in [6.45, 7) is 3.55. The molecule has 1 unspecified atom stereocenters. The van der Waals surface area contributed by atoms with Gasteiger partial charge in [-0.05, 0) is 12.8 Å². The van der Waals surface area contributed by atoms with E-state index in [1.807, 2.05) is 0 Å². The molecule has 6 heteroatoms. The summed E-state index contributed by atoms with van der Waals surface area (Å²) >= 11 is 0. The number of nitrogens with one attached hydrogen (secondary N) is 1. The third-order valence-electron chi connectivity index (χ3n) is 1.98. The molecule has 92 valence electrons. The lowest BCUT2D eigenvalue weighted by atomic mass is 10.1. The molecule has 0 aliphatic heterocycles. The largest absolute Gasteiger partial charge is 0.481 e. The molecule has 0 spiro atoms. The Bertz CT molecular complexity index is 254. The second-order valence-electron chi connectivity index (χ2n) is 3.42. The molecule has 0 aliphatic rings. The minimum atomic E-state index is -1.24. The quantitative estimate of drug-likeness (QED) is 0.410. The Morgan fingerprint density at radius 2 is 2.00 bits per heavy atom. The zero-order chi connectivity index (χ0) is 12.6. The lowest BCUT2D eigenvalue weighted by Gasteiger charge is -2.15. The Morgan fingerprint density at radius 1 is 1.38 bits per heavy atom. The highest BCUT2D eigenvalue weighted by Gasteiger charge is 2.20. The molecule has 0 aliphatic carbocycles. The van der Waals surface area contributed by atoms with Crippen LogP contribution in [-0.2, 0) is 9.59 Å². The van der Waals surface area contributed by atoms with Crippen LogP contribution in [0.25, 0.3) is 0 Å². The van der Waals surface area contributed by atoms with E-state index >= 15 is 0 Å². The van der Waals surface area contributed by atoms with Gasteiger partial charge in [0, 0.05) is 6.54 Å². The molecule has 0 aromatic carbocycles. The molecule has 16 heavy (non-hydrogen) atoms. The summed E-state index contributed by atoms with van der Waals surface area (Å²) in [7, 11) is 0. The van der Waals surface area contributed by atoms with Gasteiger partial charge in [-0.2, -0.15) is 0 Å². The molecule has 0 aromatic rings. The van der Waals surface area contributed by atoms with Crippen LogP contribution in [-0.4, -0.2) is 45.9 Å². The first kappa shape index (κ1) is 14.6. The van der Waals surface area contributed by atoms with E-state index in [4.69, 9.17) is 10.2 Å². The van der Waals surface area contributed by atoms with Gasteiger partial charge in [-0.25, -0.2) is 0 Å². The molecule has 0 bridgehead atoms. The SMILES string of the molecule is C=CCCC(O)CN[C@@H](CC(=O)O)C(=O)O. The molecule has 0 fully saturated rings. The molecule has 0 radical (unpaired) electrons. The van der Waals surface area contributed by atoms with Crippen molar-refractivity contribution in [2.24, 2.45) is 0 Å². The molecule has 0 saturated carbocycles. The topological polar surface area (TPSA) is 107 Å². The van der Waals surface area contributed by atoms with Crippen molar-refractivity contribution in [2.75, 3.05) is 6.54 Å². The fourth-order valence-electron chi connectivity index (χ4n) is 1.11. The molecule has 0 heterocycles. The zero-order valence-electron chi connectivity index (χ0n) is 8.93. The van der Waals surface area contributed by atoms with Gasteiger partial charge in [0.2, 0.25) is 0 Å². The van der Waals surface area contributed by atoms with E-state index < -0.39 is 30.5 Å². The number of rotatable bonds is 9. The Balaban J connectivity index is 3.96. The molecular weight excluding hydrogens is 214 g/mol. The highest BCUT2D eigenvalue weighted by Crippen LogP contribution is 1.98. The fraction of sp³-hybridized carbons (Fsp3) is 0.600. The molecule has 0 amide bonds. The van der Waals surface area contributed by atoms with Crippen molar-refractivity contribution in [3.8, 4) is 0 Å². The van der Waals surface area contributed by atoms with Gasteiger partial charge in [0.15, 0.2) is 0 Å². The maximum absolute atomic E-state index is 10.6. The van der Waals surface area contributed by atoms with Crippen LogP contribution >= 0.6 is 0 Å². The van der Waals surface area contributed by atoms with E-state index in [9.17, 15) is 14.7 Å². The van der Waals surface area contributed by atoms with Crippen molar-refractivity contribution in [1.29, 1.82) is 0 Å². The van der Waals surface area contributed by atoms with E-state index in [0.29, 0.717) is 12.8 Å². The number of aliphatic carboxylic acids is 2. The Labute approximate surface area is 93.6 Å². The highest BCUT2D eigenvalue weighted by atomic mass is 16.4. The van der Waals surface area contributed by atoms with Gasteiger partial charge >= 0.3 is 11.9 Å². The summed E-state index contributed by atoms with van der Waals surface area (Å²) in [5, 5.41) is 29.0. The fourth-order valence-corrected chi connectivity index (χ4v) is 1.11. The maximum atomic E-state index is 10.6. The number of carboxylic acid groups (broad SMARTS) is 2. The molecule has 0 aromatic heterocycles. The molecule has 4 N–H and O–H groups in total. The van der Waals surface area contributed by atoms with Crippen LogP contribution in [0.1, 0.15) is 19.3 Å². The van der Waals surface area contributed by atoms with E-state index in [2.05, 4.69) is 11.9 Å². The van der Waals surface area contributed by atoms with Gasteiger partial charge in [-0.3, -0.25) is 9.59 Å². The first-order valence-corrected chi connectivity index (χ1v) is 4.94. The third kappa shape index (κ3) is 6.97. The number of carbonyl (C=O) groups is 2. The summed E-state index contributed by atoms with van der Waals surface area (Å²) in [5.74, 6) is -2.43. The Hall–Kier alpha value is -1.40. The van der Waals surface area contributed by atoms with Crippen LogP contribution in [0.15, 0.2) is 12.7 Å². The first-order chi connectivity index (χ1) is 7.47. The molecule has 0 rings (SSSR count). The summed E-state index contributed by atoms with van der Waals surface area (Å²) in [5.41, 5.74) is 0. The monoisotopic (exact) mass is 231 g/mol. The van der Waals surface area contributed by atoms with Crippen LogP contribution < -0.4 is 5.32 Å². The van der Waals surface area contributed by atoms with Gasteiger partial charge in [0.1, 0.15) is 6.04 Å². The average molecular weight is 231 g/mol. The van der Waals surface area contributed by atoms with Crippen molar-refractivity contribution in [3.63, 3.8) is 0 Å². The highest BCUT2D eigenvalue weighted by molar-refractivity contribution is 5.80. The van der Waals surface area contributed by atoms with Crippen LogP contribution in [0, 0.1) is 0 Å².